The van der Waals surface area contributed by atoms with Crippen LogP contribution in [0.5, 0.6) is 5.75 Å². The number of aliphatic hydroxyl groups is 1. The minimum absolute atomic E-state index is 0.0680. The second kappa shape index (κ2) is 8.00. The molecule has 0 unspecified atom stereocenters. The summed E-state index contributed by atoms with van der Waals surface area (Å²) < 4.78 is 11.9. The van der Waals surface area contributed by atoms with E-state index in [9.17, 15) is 4.79 Å². The van der Waals surface area contributed by atoms with E-state index in [1.165, 1.54) is 0 Å². The van der Waals surface area contributed by atoms with Crippen molar-refractivity contribution in [1.29, 1.82) is 0 Å². The fraction of sp³-hybridized carbons (Fsp3) is 0.105. The molecule has 0 saturated heterocycles. The maximum atomic E-state index is 12.0. The third-order valence-electron chi connectivity index (χ3n) is 3.45. The zero-order valence-electron chi connectivity index (χ0n) is 13.2. The summed E-state index contributed by atoms with van der Waals surface area (Å²) in [4.78, 5) is 12.0. The number of anilines is 1. The van der Waals surface area contributed by atoms with Crippen LogP contribution in [-0.4, -0.2) is 17.6 Å². The van der Waals surface area contributed by atoms with Crippen molar-refractivity contribution in [3.63, 3.8) is 0 Å². The Morgan fingerprint density at radius 1 is 1.04 bits per heavy atom. The Morgan fingerprint density at radius 3 is 2.40 bits per heavy atom. The smallest absolute Gasteiger partial charge is 0.262 e. The third-order valence-corrected chi connectivity index (χ3v) is 3.98. The van der Waals surface area contributed by atoms with Crippen LogP contribution >= 0.6 is 15.9 Å². The summed E-state index contributed by atoms with van der Waals surface area (Å²) in [7, 11) is 0. The maximum Gasteiger partial charge on any atom is 0.262 e. The first-order chi connectivity index (χ1) is 12.1. The number of aliphatic hydroxyl groups excluding tert-OH is 1. The van der Waals surface area contributed by atoms with E-state index in [2.05, 4.69) is 21.2 Å². The van der Waals surface area contributed by atoms with E-state index in [1.54, 1.807) is 36.4 Å². The number of halogens is 1. The summed E-state index contributed by atoms with van der Waals surface area (Å²) in [5.41, 5.74) is 1.53. The average molecular weight is 402 g/mol. The lowest BCUT2D eigenvalue weighted by Crippen LogP contribution is -2.20. The molecule has 6 heteroatoms. The number of amides is 1. The van der Waals surface area contributed by atoms with E-state index in [0.717, 1.165) is 10.0 Å². The van der Waals surface area contributed by atoms with E-state index in [4.69, 9.17) is 14.3 Å². The van der Waals surface area contributed by atoms with Crippen molar-refractivity contribution in [2.24, 2.45) is 0 Å². The molecule has 128 valence electrons. The normalized spacial score (nSPS) is 10.5. The van der Waals surface area contributed by atoms with Crippen LogP contribution in [-0.2, 0) is 11.4 Å². The standard InChI is InChI=1S/C19H16BrNO4/c20-14-3-7-16(8-4-14)24-12-19(23)21-15-5-1-13(2-6-15)18-10-9-17(11-22)25-18/h1-10,22H,11-12H2,(H,21,23). The molecule has 0 aliphatic carbocycles. The molecule has 25 heavy (non-hydrogen) atoms. The van der Waals surface area contributed by atoms with Crippen LogP contribution in [0.1, 0.15) is 5.76 Å². The molecule has 1 amide bonds. The van der Waals surface area contributed by atoms with Gasteiger partial charge in [-0.1, -0.05) is 15.9 Å². The Morgan fingerprint density at radius 2 is 1.76 bits per heavy atom. The number of carbonyl (C=O) groups is 1. The highest BCUT2D eigenvalue weighted by molar-refractivity contribution is 9.10. The second-order valence-corrected chi connectivity index (χ2v) is 6.21. The number of benzene rings is 2. The van der Waals surface area contributed by atoms with Gasteiger partial charge in [0.25, 0.3) is 5.91 Å². The molecule has 1 heterocycles. The lowest BCUT2D eigenvalue weighted by molar-refractivity contribution is -0.118. The third kappa shape index (κ3) is 4.71. The molecule has 2 aromatic carbocycles. The largest absolute Gasteiger partial charge is 0.484 e. The first-order valence-electron chi connectivity index (χ1n) is 7.62. The summed E-state index contributed by atoms with van der Waals surface area (Å²) in [6.45, 7) is -0.200. The topological polar surface area (TPSA) is 71.7 Å². The monoisotopic (exact) mass is 401 g/mol. The van der Waals surface area contributed by atoms with Gasteiger partial charge in [-0.3, -0.25) is 4.79 Å². The highest BCUT2D eigenvalue weighted by Crippen LogP contribution is 2.24. The SMILES string of the molecule is O=C(COc1ccc(Br)cc1)Nc1ccc(-c2ccc(CO)o2)cc1. The summed E-state index contributed by atoms with van der Waals surface area (Å²) in [6.07, 6.45) is 0. The van der Waals surface area contributed by atoms with Gasteiger partial charge >= 0.3 is 0 Å². The molecule has 0 aliphatic rings. The molecule has 2 N–H and O–H groups in total. The molecule has 0 fully saturated rings. The quantitative estimate of drug-likeness (QED) is 0.648. The van der Waals surface area contributed by atoms with Gasteiger partial charge in [-0.25, -0.2) is 0 Å². The molecule has 0 spiro atoms. The molecular weight excluding hydrogens is 386 g/mol. The van der Waals surface area contributed by atoms with E-state index in [0.29, 0.717) is 23.0 Å². The summed E-state index contributed by atoms with van der Waals surface area (Å²) in [5, 5.41) is 11.8. The van der Waals surface area contributed by atoms with Crippen molar-refractivity contribution in [3.05, 3.63) is 70.9 Å². The Balaban J connectivity index is 1.55. The lowest BCUT2D eigenvalue weighted by Gasteiger charge is -2.08. The van der Waals surface area contributed by atoms with E-state index in [-0.39, 0.29) is 19.1 Å². The predicted octanol–water partition coefficient (Wildman–Crippen LogP) is 4.22. The van der Waals surface area contributed by atoms with Crippen LogP contribution in [0, 0.1) is 0 Å². The average Bonchev–Trinajstić information content (AvgIpc) is 3.11. The van der Waals surface area contributed by atoms with Gasteiger partial charge < -0.3 is 19.6 Å². The van der Waals surface area contributed by atoms with Crippen molar-refractivity contribution in [2.75, 3.05) is 11.9 Å². The van der Waals surface area contributed by atoms with Crippen LogP contribution in [0.25, 0.3) is 11.3 Å². The highest BCUT2D eigenvalue weighted by atomic mass is 79.9. The van der Waals surface area contributed by atoms with E-state index < -0.39 is 0 Å². The molecule has 0 radical (unpaired) electrons. The Labute approximate surface area is 153 Å². The Bertz CT molecular complexity index is 841. The maximum absolute atomic E-state index is 12.0. The number of hydrogen-bond acceptors (Lipinski definition) is 4. The molecule has 1 aromatic heterocycles. The van der Waals surface area contributed by atoms with Crippen LogP contribution in [0.3, 0.4) is 0 Å². The number of nitrogens with one attached hydrogen (secondary N) is 1. The van der Waals surface area contributed by atoms with Crippen molar-refractivity contribution in [2.45, 2.75) is 6.61 Å². The van der Waals surface area contributed by atoms with Gasteiger partial charge in [0.1, 0.15) is 23.9 Å². The molecule has 0 bridgehead atoms. The van der Waals surface area contributed by atoms with Crippen molar-refractivity contribution < 1.29 is 19.1 Å². The van der Waals surface area contributed by atoms with Gasteiger partial charge in [-0.05, 0) is 60.7 Å². The zero-order valence-corrected chi connectivity index (χ0v) is 14.8. The number of ether oxygens (including phenoxy) is 1. The predicted molar refractivity (Wildman–Crippen MR) is 98.3 cm³/mol. The van der Waals surface area contributed by atoms with Crippen molar-refractivity contribution >= 4 is 27.5 Å². The van der Waals surface area contributed by atoms with E-state index in [1.807, 2.05) is 24.3 Å². The molecular formula is C19H16BrNO4. The molecule has 0 saturated carbocycles. The minimum Gasteiger partial charge on any atom is -0.484 e. The summed E-state index contributed by atoms with van der Waals surface area (Å²) in [5.74, 6) is 1.57. The van der Waals surface area contributed by atoms with Gasteiger partial charge in [0.05, 0.1) is 0 Å². The second-order valence-electron chi connectivity index (χ2n) is 5.29. The van der Waals surface area contributed by atoms with Crippen LogP contribution in [0.15, 0.2) is 69.6 Å². The zero-order chi connectivity index (χ0) is 17.6. The van der Waals surface area contributed by atoms with Gasteiger partial charge in [0, 0.05) is 15.7 Å². The molecule has 0 aliphatic heterocycles. The van der Waals surface area contributed by atoms with Gasteiger partial charge in [-0.15, -0.1) is 0 Å². The minimum atomic E-state index is -0.240. The van der Waals surface area contributed by atoms with Gasteiger partial charge in [0.15, 0.2) is 6.61 Å². The first-order valence-corrected chi connectivity index (χ1v) is 8.41. The fourth-order valence-electron chi connectivity index (χ4n) is 2.21. The fourth-order valence-corrected chi connectivity index (χ4v) is 2.48. The summed E-state index contributed by atoms with van der Waals surface area (Å²) in [6, 6.07) is 18.0. The summed E-state index contributed by atoms with van der Waals surface area (Å²) >= 11 is 3.34. The number of carbonyl (C=O) groups excluding carboxylic acids is 1. The first kappa shape index (κ1) is 17.3. The Kier molecular flexibility index (Phi) is 5.53. The van der Waals surface area contributed by atoms with Crippen molar-refractivity contribution in [1.82, 2.24) is 0 Å². The van der Waals surface area contributed by atoms with Crippen LogP contribution < -0.4 is 10.1 Å². The molecule has 3 rings (SSSR count). The molecule has 5 nitrogen and oxygen atoms in total. The molecule has 3 aromatic rings. The van der Waals surface area contributed by atoms with Crippen LogP contribution in [0.2, 0.25) is 0 Å². The number of rotatable bonds is 6. The van der Waals surface area contributed by atoms with E-state index >= 15 is 0 Å². The lowest BCUT2D eigenvalue weighted by atomic mass is 10.1. The van der Waals surface area contributed by atoms with Crippen LogP contribution in [0.4, 0.5) is 5.69 Å². The molecule has 0 atom stereocenters. The van der Waals surface area contributed by atoms with Gasteiger partial charge in [0.2, 0.25) is 0 Å². The van der Waals surface area contributed by atoms with Gasteiger partial charge in [-0.2, -0.15) is 0 Å². The Hall–Kier alpha value is -2.57. The number of furan rings is 1. The number of hydrogen-bond donors (Lipinski definition) is 2. The highest BCUT2D eigenvalue weighted by Gasteiger charge is 2.07. The van der Waals surface area contributed by atoms with Crippen molar-refractivity contribution in [3.8, 4) is 17.1 Å².